The van der Waals surface area contributed by atoms with Crippen molar-refractivity contribution in [3.05, 3.63) is 46.7 Å². The molecule has 1 aliphatic carbocycles. The van der Waals surface area contributed by atoms with Gasteiger partial charge < -0.3 is 10.1 Å². The van der Waals surface area contributed by atoms with Crippen molar-refractivity contribution in [3.8, 4) is 0 Å². The number of nitrogens with zero attached hydrogens (tertiary/aromatic N) is 3. The molecule has 1 heterocycles. The van der Waals surface area contributed by atoms with Gasteiger partial charge in [0.25, 0.3) is 0 Å². The van der Waals surface area contributed by atoms with Crippen LogP contribution >= 0.6 is 11.6 Å². The smallest absolute Gasteiger partial charge is 0.0964 e. The molecule has 0 bridgehead atoms. The van der Waals surface area contributed by atoms with Gasteiger partial charge in [0.15, 0.2) is 0 Å². The highest BCUT2D eigenvalue weighted by Gasteiger charge is 2.20. The van der Waals surface area contributed by atoms with Crippen LogP contribution in [0.15, 0.2) is 30.5 Å². The Labute approximate surface area is 129 Å². The lowest BCUT2D eigenvalue weighted by molar-refractivity contribution is 0.110. The predicted octanol–water partition coefficient (Wildman–Crippen LogP) is 2.40. The minimum Gasteiger partial charge on any atom is -0.375 e. The highest BCUT2D eigenvalue weighted by Crippen LogP contribution is 2.18. The van der Waals surface area contributed by atoms with E-state index in [1.54, 1.807) is 0 Å². The lowest BCUT2D eigenvalue weighted by Crippen LogP contribution is -2.15. The second kappa shape index (κ2) is 7.02. The summed E-state index contributed by atoms with van der Waals surface area (Å²) in [6, 6.07) is 8.38. The molecule has 2 aromatic rings. The Morgan fingerprint density at radius 3 is 2.86 bits per heavy atom. The van der Waals surface area contributed by atoms with Crippen molar-refractivity contribution in [2.75, 3.05) is 6.61 Å². The average molecular weight is 307 g/mol. The van der Waals surface area contributed by atoms with Crippen molar-refractivity contribution in [2.45, 2.75) is 38.6 Å². The molecule has 0 amide bonds. The van der Waals surface area contributed by atoms with Crippen LogP contribution < -0.4 is 5.32 Å². The highest BCUT2D eigenvalue weighted by molar-refractivity contribution is 6.30. The fourth-order valence-electron chi connectivity index (χ4n) is 1.99. The first-order chi connectivity index (χ1) is 10.3. The molecule has 1 N–H and O–H groups in total. The van der Waals surface area contributed by atoms with Gasteiger partial charge in [0.2, 0.25) is 0 Å². The van der Waals surface area contributed by atoms with Gasteiger partial charge in [-0.2, -0.15) is 0 Å². The van der Waals surface area contributed by atoms with Crippen molar-refractivity contribution >= 4 is 11.6 Å². The van der Waals surface area contributed by atoms with Gasteiger partial charge in [-0.05, 0) is 30.5 Å². The number of ether oxygens (including phenoxy) is 1. The van der Waals surface area contributed by atoms with E-state index in [0.717, 1.165) is 22.8 Å². The topological polar surface area (TPSA) is 52.0 Å². The number of hydrogen-bond acceptors (Lipinski definition) is 4. The van der Waals surface area contributed by atoms with Gasteiger partial charge in [-0.1, -0.05) is 28.9 Å². The van der Waals surface area contributed by atoms with E-state index in [4.69, 9.17) is 16.3 Å². The number of nitrogens with one attached hydrogen (secondary N) is 1. The molecule has 0 saturated heterocycles. The minimum absolute atomic E-state index is 0.585. The average Bonchev–Trinajstić information content (AvgIpc) is 3.22. The van der Waals surface area contributed by atoms with Gasteiger partial charge in [-0.3, -0.25) is 0 Å². The molecule has 1 aromatic heterocycles. The summed E-state index contributed by atoms with van der Waals surface area (Å²) in [6.07, 6.45) is 4.54. The standard InChI is InChI=1S/C15H19ClN4O/c16-13-3-1-12(2-4-13)11-21-8-7-20-10-15(18-19-20)9-17-14-5-6-14/h1-4,10,14,17H,5-9,11H2. The van der Waals surface area contributed by atoms with Crippen LogP contribution in [0.25, 0.3) is 0 Å². The van der Waals surface area contributed by atoms with Gasteiger partial charge in [0.05, 0.1) is 25.5 Å². The Morgan fingerprint density at radius 1 is 1.29 bits per heavy atom. The quantitative estimate of drug-likeness (QED) is 0.761. The third-order valence-electron chi connectivity index (χ3n) is 3.38. The van der Waals surface area contributed by atoms with E-state index in [1.165, 1.54) is 12.8 Å². The van der Waals surface area contributed by atoms with Crippen LogP contribution in [-0.2, 0) is 24.4 Å². The first-order valence-corrected chi connectivity index (χ1v) is 7.62. The molecule has 6 heteroatoms. The monoisotopic (exact) mass is 306 g/mol. The number of halogens is 1. The van der Waals surface area contributed by atoms with E-state index in [2.05, 4.69) is 15.6 Å². The van der Waals surface area contributed by atoms with Crippen LogP contribution in [-0.4, -0.2) is 27.6 Å². The fraction of sp³-hybridized carbons (Fsp3) is 0.467. The second-order valence-corrected chi connectivity index (χ2v) is 5.74. The van der Waals surface area contributed by atoms with Gasteiger partial charge >= 0.3 is 0 Å². The van der Waals surface area contributed by atoms with Crippen LogP contribution in [0, 0.1) is 0 Å². The molecule has 1 aromatic carbocycles. The lowest BCUT2D eigenvalue weighted by atomic mass is 10.2. The summed E-state index contributed by atoms with van der Waals surface area (Å²) in [7, 11) is 0. The Balaban J connectivity index is 1.35. The third kappa shape index (κ3) is 4.81. The summed E-state index contributed by atoms with van der Waals surface area (Å²) in [5, 5.41) is 12.4. The molecule has 1 aliphatic rings. The first-order valence-electron chi connectivity index (χ1n) is 7.24. The van der Waals surface area contributed by atoms with Crippen molar-refractivity contribution in [1.82, 2.24) is 20.3 Å². The highest BCUT2D eigenvalue weighted by atomic mass is 35.5. The summed E-state index contributed by atoms with van der Waals surface area (Å²) in [5.74, 6) is 0. The van der Waals surface area contributed by atoms with Gasteiger partial charge in [0.1, 0.15) is 0 Å². The van der Waals surface area contributed by atoms with Crippen molar-refractivity contribution in [3.63, 3.8) is 0 Å². The molecular weight excluding hydrogens is 288 g/mol. The zero-order valence-corrected chi connectivity index (χ0v) is 12.6. The predicted molar refractivity (Wildman–Crippen MR) is 81.0 cm³/mol. The normalized spacial score (nSPS) is 14.5. The molecule has 112 valence electrons. The molecule has 3 rings (SSSR count). The van der Waals surface area contributed by atoms with E-state index >= 15 is 0 Å². The lowest BCUT2D eigenvalue weighted by Gasteiger charge is -2.04. The molecule has 1 fully saturated rings. The molecule has 0 atom stereocenters. The Kier molecular flexibility index (Phi) is 4.85. The van der Waals surface area contributed by atoms with Crippen LogP contribution in [0.3, 0.4) is 0 Å². The van der Waals surface area contributed by atoms with Crippen molar-refractivity contribution in [1.29, 1.82) is 0 Å². The van der Waals surface area contributed by atoms with Crippen LogP contribution in [0.2, 0.25) is 5.02 Å². The summed E-state index contributed by atoms with van der Waals surface area (Å²) < 4.78 is 7.46. The van der Waals surface area contributed by atoms with Crippen LogP contribution in [0.5, 0.6) is 0 Å². The maximum atomic E-state index is 5.84. The Hall–Kier alpha value is -1.43. The molecular formula is C15H19ClN4O. The number of rotatable bonds is 8. The number of benzene rings is 1. The molecule has 21 heavy (non-hydrogen) atoms. The molecule has 1 saturated carbocycles. The van der Waals surface area contributed by atoms with Gasteiger partial charge in [0, 0.05) is 23.8 Å². The van der Waals surface area contributed by atoms with Crippen molar-refractivity contribution in [2.24, 2.45) is 0 Å². The largest absolute Gasteiger partial charge is 0.375 e. The third-order valence-corrected chi connectivity index (χ3v) is 3.63. The van der Waals surface area contributed by atoms with E-state index in [-0.39, 0.29) is 0 Å². The zero-order chi connectivity index (χ0) is 14.5. The Bertz CT molecular complexity index is 565. The van der Waals surface area contributed by atoms with Gasteiger partial charge in [-0.15, -0.1) is 5.10 Å². The minimum atomic E-state index is 0.585. The van der Waals surface area contributed by atoms with E-state index in [1.807, 2.05) is 35.1 Å². The molecule has 0 spiro atoms. The summed E-state index contributed by atoms with van der Waals surface area (Å²) in [6.45, 7) is 2.71. The van der Waals surface area contributed by atoms with Crippen molar-refractivity contribution < 1.29 is 4.74 Å². The van der Waals surface area contributed by atoms with E-state index < -0.39 is 0 Å². The molecule has 0 unspecified atom stereocenters. The maximum absolute atomic E-state index is 5.84. The summed E-state index contributed by atoms with van der Waals surface area (Å²) in [4.78, 5) is 0. The fourth-order valence-corrected chi connectivity index (χ4v) is 2.12. The van der Waals surface area contributed by atoms with Crippen LogP contribution in [0.1, 0.15) is 24.1 Å². The molecule has 5 nitrogen and oxygen atoms in total. The van der Waals surface area contributed by atoms with Crippen LogP contribution in [0.4, 0.5) is 0 Å². The first kappa shape index (κ1) is 14.5. The number of aromatic nitrogens is 3. The van der Waals surface area contributed by atoms with Gasteiger partial charge in [-0.25, -0.2) is 4.68 Å². The zero-order valence-electron chi connectivity index (χ0n) is 11.8. The second-order valence-electron chi connectivity index (χ2n) is 5.31. The number of hydrogen-bond donors (Lipinski definition) is 1. The SMILES string of the molecule is Clc1ccc(COCCn2cc(CNC3CC3)nn2)cc1. The van der Waals surface area contributed by atoms with E-state index in [0.29, 0.717) is 25.8 Å². The van der Waals surface area contributed by atoms with E-state index in [9.17, 15) is 0 Å². The molecule has 0 radical (unpaired) electrons. The molecule has 0 aliphatic heterocycles. The Morgan fingerprint density at radius 2 is 2.10 bits per heavy atom. The summed E-state index contributed by atoms with van der Waals surface area (Å²) in [5.41, 5.74) is 2.10. The maximum Gasteiger partial charge on any atom is 0.0964 e. The summed E-state index contributed by atoms with van der Waals surface area (Å²) >= 11 is 5.84.